The van der Waals surface area contributed by atoms with Gasteiger partial charge in [0.2, 0.25) is 0 Å². The highest BCUT2D eigenvalue weighted by atomic mass is 79.9. The van der Waals surface area contributed by atoms with Crippen molar-refractivity contribution >= 4 is 15.9 Å². The first kappa shape index (κ1) is 16.4. The van der Waals surface area contributed by atoms with Crippen LogP contribution in [0.3, 0.4) is 0 Å². The summed E-state index contributed by atoms with van der Waals surface area (Å²) in [5.41, 5.74) is 0. The molecule has 0 saturated carbocycles. The van der Waals surface area contributed by atoms with Gasteiger partial charge in [0.25, 0.3) is 0 Å². The molecule has 0 fully saturated rings. The number of unbranched alkanes of at least 4 members (excludes halogenated alkanes) is 6. The Bertz CT molecular complexity index is 128. The van der Waals surface area contributed by atoms with Crippen LogP contribution in [-0.4, -0.2) is 29.9 Å². The summed E-state index contributed by atoms with van der Waals surface area (Å²) in [4.78, 5) is 2.61. The molecule has 16 heavy (non-hydrogen) atoms. The van der Waals surface area contributed by atoms with Crippen LogP contribution in [0.4, 0.5) is 0 Å². The molecule has 0 aliphatic carbocycles. The van der Waals surface area contributed by atoms with Gasteiger partial charge in [0.05, 0.1) is 0 Å². The molecule has 0 aromatic rings. The second-order valence-corrected chi connectivity index (χ2v) is 5.44. The lowest BCUT2D eigenvalue weighted by atomic mass is 10.1. The first-order valence-corrected chi connectivity index (χ1v) is 8.25. The summed E-state index contributed by atoms with van der Waals surface area (Å²) < 4.78 is 0. The smallest absolute Gasteiger partial charge is 0.0159 e. The van der Waals surface area contributed by atoms with Crippen LogP contribution in [0.25, 0.3) is 0 Å². The highest BCUT2D eigenvalue weighted by Crippen LogP contribution is 2.06. The molecule has 0 bridgehead atoms. The van der Waals surface area contributed by atoms with Gasteiger partial charge in [-0.1, -0.05) is 68.3 Å². The molecule has 0 unspecified atom stereocenters. The van der Waals surface area contributed by atoms with Gasteiger partial charge in [0.15, 0.2) is 0 Å². The summed E-state index contributed by atoms with van der Waals surface area (Å²) in [5.74, 6) is 0. The van der Waals surface area contributed by atoms with Crippen LogP contribution in [0.15, 0.2) is 0 Å². The highest BCUT2D eigenvalue weighted by molar-refractivity contribution is 9.09. The second-order valence-electron chi connectivity index (χ2n) is 4.65. The van der Waals surface area contributed by atoms with E-state index in [1.165, 1.54) is 71.0 Å². The molecule has 2 heteroatoms. The predicted molar refractivity (Wildman–Crippen MR) is 78.5 cm³/mol. The van der Waals surface area contributed by atoms with Crippen molar-refractivity contribution < 1.29 is 0 Å². The minimum atomic E-state index is 1.12. The number of rotatable bonds is 12. The standard InChI is InChI=1S/C14H30BrN/c1-3-5-7-8-9-10-13-16(14-11-15)12-6-4-2/h3-14H2,1-2H3. The van der Waals surface area contributed by atoms with Crippen molar-refractivity contribution in [1.82, 2.24) is 4.90 Å². The lowest BCUT2D eigenvalue weighted by molar-refractivity contribution is 0.279. The van der Waals surface area contributed by atoms with Gasteiger partial charge in [0, 0.05) is 11.9 Å². The van der Waals surface area contributed by atoms with Crippen LogP contribution in [0.2, 0.25) is 0 Å². The van der Waals surface area contributed by atoms with Gasteiger partial charge >= 0.3 is 0 Å². The van der Waals surface area contributed by atoms with Crippen molar-refractivity contribution in [2.45, 2.75) is 65.2 Å². The maximum absolute atomic E-state index is 3.54. The molecule has 0 aliphatic rings. The average molecular weight is 292 g/mol. The van der Waals surface area contributed by atoms with Crippen LogP contribution >= 0.6 is 15.9 Å². The van der Waals surface area contributed by atoms with Crippen LogP contribution in [0.5, 0.6) is 0 Å². The van der Waals surface area contributed by atoms with Crippen LogP contribution in [-0.2, 0) is 0 Å². The third-order valence-electron chi connectivity index (χ3n) is 3.06. The van der Waals surface area contributed by atoms with Crippen molar-refractivity contribution in [3.63, 3.8) is 0 Å². The Labute approximate surface area is 111 Å². The molecular weight excluding hydrogens is 262 g/mol. The van der Waals surface area contributed by atoms with Crippen molar-refractivity contribution in [2.75, 3.05) is 25.0 Å². The zero-order chi connectivity index (χ0) is 12.1. The molecule has 0 aliphatic heterocycles. The molecule has 0 aromatic carbocycles. The topological polar surface area (TPSA) is 3.24 Å². The maximum Gasteiger partial charge on any atom is 0.0159 e. The Hall–Kier alpha value is 0.440. The fourth-order valence-electron chi connectivity index (χ4n) is 1.95. The molecule has 0 radical (unpaired) electrons. The molecule has 0 rings (SSSR count). The van der Waals surface area contributed by atoms with E-state index < -0.39 is 0 Å². The van der Waals surface area contributed by atoms with E-state index in [4.69, 9.17) is 0 Å². The first-order valence-electron chi connectivity index (χ1n) is 7.13. The number of halogens is 1. The Balaban J connectivity index is 3.36. The molecule has 0 saturated heterocycles. The summed E-state index contributed by atoms with van der Waals surface area (Å²) in [5, 5.41) is 1.12. The van der Waals surface area contributed by atoms with E-state index in [-0.39, 0.29) is 0 Å². The van der Waals surface area contributed by atoms with E-state index in [9.17, 15) is 0 Å². The van der Waals surface area contributed by atoms with E-state index >= 15 is 0 Å². The summed E-state index contributed by atoms with van der Waals surface area (Å²) in [6, 6.07) is 0. The average Bonchev–Trinajstić information content (AvgIpc) is 2.30. The molecular formula is C14H30BrN. The van der Waals surface area contributed by atoms with E-state index in [1.807, 2.05) is 0 Å². The molecule has 0 aromatic heterocycles. The summed E-state index contributed by atoms with van der Waals surface area (Å²) in [6.45, 7) is 8.36. The largest absolute Gasteiger partial charge is 0.303 e. The van der Waals surface area contributed by atoms with Crippen LogP contribution in [0.1, 0.15) is 65.2 Å². The van der Waals surface area contributed by atoms with E-state index in [2.05, 4.69) is 34.7 Å². The Morgan fingerprint density at radius 1 is 0.688 bits per heavy atom. The molecule has 0 amide bonds. The van der Waals surface area contributed by atoms with Gasteiger partial charge in [-0.25, -0.2) is 0 Å². The molecule has 0 N–H and O–H groups in total. The van der Waals surface area contributed by atoms with E-state index in [0.717, 1.165) is 5.33 Å². The van der Waals surface area contributed by atoms with Crippen LogP contribution < -0.4 is 0 Å². The monoisotopic (exact) mass is 291 g/mol. The number of hydrogen-bond donors (Lipinski definition) is 0. The zero-order valence-electron chi connectivity index (χ0n) is 11.3. The van der Waals surface area contributed by atoms with Crippen LogP contribution in [0, 0.1) is 0 Å². The van der Waals surface area contributed by atoms with Crippen molar-refractivity contribution in [3.05, 3.63) is 0 Å². The second kappa shape index (κ2) is 13.5. The number of alkyl halides is 1. The van der Waals surface area contributed by atoms with Crippen molar-refractivity contribution in [3.8, 4) is 0 Å². The maximum atomic E-state index is 3.54. The molecule has 98 valence electrons. The van der Waals surface area contributed by atoms with Crippen molar-refractivity contribution in [1.29, 1.82) is 0 Å². The van der Waals surface area contributed by atoms with Gasteiger partial charge in [-0.05, 0) is 25.9 Å². The third kappa shape index (κ3) is 10.9. The fraction of sp³-hybridized carbons (Fsp3) is 1.00. The van der Waals surface area contributed by atoms with Gasteiger partial charge in [-0.15, -0.1) is 0 Å². The Morgan fingerprint density at radius 3 is 1.88 bits per heavy atom. The van der Waals surface area contributed by atoms with Gasteiger partial charge in [-0.3, -0.25) is 0 Å². The van der Waals surface area contributed by atoms with Crippen molar-refractivity contribution in [2.24, 2.45) is 0 Å². The van der Waals surface area contributed by atoms with Gasteiger partial charge < -0.3 is 4.90 Å². The first-order chi connectivity index (χ1) is 7.85. The minimum Gasteiger partial charge on any atom is -0.303 e. The normalized spacial score (nSPS) is 11.2. The zero-order valence-corrected chi connectivity index (χ0v) is 12.9. The Morgan fingerprint density at radius 2 is 1.25 bits per heavy atom. The fourth-order valence-corrected chi connectivity index (χ4v) is 2.45. The molecule has 0 heterocycles. The lowest BCUT2D eigenvalue weighted by Gasteiger charge is -2.20. The summed E-state index contributed by atoms with van der Waals surface area (Å²) in [7, 11) is 0. The van der Waals surface area contributed by atoms with Gasteiger partial charge in [-0.2, -0.15) is 0 Å². The molecule has 1 nitrogen and oxygen atoms in total. The minimum absolute atomic E-state index is 1.12. The summed E-state index contributed by atoms with van der Waals surface area (Å²) in [6.07, 6.45) is 11.1. The molecule has 0 spiro atoms. The third-order valence-corrected chi connectivity index (χ3v) is 3.41. The summed E-state index contributed by atoms with van der Waals surface area (Å²) >= 11 is 3.54. The number of hydrogen-bond acceptors (Lipinski definition) is 1. The van der Waals surface area contributed by atoms with E-state index in [1.54, 1.807) is 0 Å². The Kier molecular flexibility index (Phi) is 13.9. The lowest BCUT2D eigenvalue weighted by Crippen LogP contribution is -2.28. The molecule has 0 atom stereocenters. The predicted octanol–water partition coefficient (Wildman–Crippen LogP) is 4.84. The van der Waals surface area contributed by atoms with Gasteiger partial charge in [0.1, 0.15) is 0 Å². The van der Waals surface area contributed by atoms with E-state index in [0.29, 0.717) is 0 Å². The quantitative estimate of drug-likeness (QED) is 0.367. The highest BCUT2D eigenvalue weighted by Gasteiger charge is 2.02. The SMILES string of the molecule is CCCCCCCCN(CCBr)CCCC. The number of nitrogens with zero attached hydrogens (tertiary/aromatic N) is 1.